The molecule has 0 saturated heterocycles. The van der Waals surface area contributed by atoms with Crippen LogP contribution in [-0.2, 0) is 6.54 Å². The minimum absolute atomic E-state index is 0.130. The van der Waals surface area contributed by atoms with Crippen LogP contribution in [0.5, 0.6) is 0 Å². The predicted molar refractivity (Wildman–Crippen MR) is 96.6 cm³/mol. The molecule has 0 aliphatic carbocycles. The number of hydrogen-bond donors (Lipinski definition) is 0. The maximum absolute atomic E-state index is 12.6. The van der Waals surface area contributed by atoms with Gasteiger partial charge in [0, 0.05) is 10.9 Å². The Bertz CT molecular complexity index is 1190. The molecule has 0 fully saturated rings. The van der Waals surface area contributed by atoms with Gasteiger partial charge in [0.1, 0.15) is 11.1 Å². The summed E-state index contributed by atoms with van der Waals surface area (Å²) in [5.41, 5.74) is 1.15. The number of carbonyl (C=O) groups is 1. The van der Waals surface area contributed by atoms with Gasteiger partial charge in [-0.3, -0.25) is 14.2 Å². The van der Waals surface area contributed by atoms with E-state index in [1.54, 1.807) is 18.2 Å². The van der Waals surface area contributed by atoms with Crippen LogP contribution in [0.2, 0.25) is 10.0 Å². The lowest BCUT2D eigenvalue weighted by Crippen LogP contribution is -2.24. The van der Waals surface area contributed by atoms with Crippen molar-refractivity contribution in [2.75, 3.05) is 0 Å². The van der Waals surface area contributed by atoms with Crippen molar-refractivity contribution >= 4 is 51.1 Å². The van der Waals surface area contributed by atoms with Crippen molar-refractivity contribution in [1.29, 1.82) is 0 Å². The summed E-state index contributed by atoms with van der Waals surface area (Å²) in [6, 6.07) is 11.8. The Hall–Kier alpha value is -2.63. The van der Waals surface area contributed by atoms with Crippen LogP contribution in [-0.4, -0.2) is 15.3 Å². The summed E-state index contributed by atoms with van der Waals surface area (Å²) in [6.07, 6.45) is 1.35. The van der Waals surface area contributed by atoms with E-state index in [0.29, 0.717) is 21.7 Å². The van der Waals surface area contributed by atoms with Gasteiger partial charge in [0.15, 0.2) is 5.78 Å². The Morgan fingerprint density at radius 2 is 1.92 bits per heavy atom. The molecule has 0 saturated carbocycles. The number of ketones is 1. The second kappa shape index (κ2) is 6.02. The van der Waals surface area contributed by atoms with Crippen LogP contribution in [0.1, 0.15) is 10.4 Å². The molecule has 2 aromatic heterocycles. The number of halogens is 2. The number of furan rings is 1. The molecule has 25 heavy (non-hydrogen) atoms. The number of para-hydroxylation sites is 1. The third kappa shape index (κ3) is 2.71. The number of rotatable bonds is 3. The third-order valence-corrected chi connectivity index (χ3v) is 4.65. The fourth-order valence-corrected chi connectivity index (χ4v) is 2.94. The third-order valence-electron chi connectivity index (χ3n) is 3.91. The normalized spacial score (nSPS) is 11.3. The van der Waals surface area contributed by atoms with Crippen molar-refractivity contribution in [3.63, 3.8) is 0 Å². The Labute approximate surface area is 151 Å². The van der Waals surface area contributed by atoms with E-state index in [0.717, 1.165) is 5.39 Å². The van der Waals surface area contributed by atoms with Crippen LogP contribution in [0.25, 0.3) is 22.1 Å². The van der Waals surface area contributed by atoms with E-state index in [9.17, 15) is 9.59 Å². The van der Waals surface area contributed by atoms with Gasteiger partial charge in [-0.2, -0.15) is 0 Å². The summed E-state index contributed by atoms with van der Waals surface area (Å²) in [7, 11) is 0. The van der Waals surface area contributed by atoms with Gasteiger partial charge in [0.2, 0.25) is 5.58 Å². The number of fused-ring (bicyclic) bond motifs is 3. The number of benzene rings is 2. The standard InChI is InChI=1S/C18H10Cl2N2O3/c19-12-6-5-10(7-13(12)20)14(23)8-22-9-21-16-11-3-1-2-4-15(11)25-17(16)18(22)24/h1-7,9H,8H2. The van der Waals surface area contributed by atoms with Gasteiger partial charge >= 0.3 is 0 Å². The Morgan fingerprint density at radius 3 is 2.72 bits per heavy atom. The molecule has 0 N–H and O–H groups in total. The predicted octanol–water partition coefficient (Wildman–Crippen LogP) is 4.33. The summed E-state index contributed by atoms with van der Waals surface area (Å²) >= 11 is 11.8. The van der Waals surface area contributed by atoms with E-state index in [-0.39, 0.29) is 22.9 Å². The molecule has 0 aliphatic rings. The van der Waals surface area contributed by atoms with E-state index in [1.807, 2.05) is 18.2 Å². The van der Waals surface area contributed by atoms with E-state index >= 15 is 0 Å². The second-order valence-electron chi connectivity index (χ2n) is 5.51. The molecule has 4 rings (SSSR count). The highest BCUT2D eigenvalue weighted by Gasteiger charge is 2.15. The first-order chi connectivity index (χ1) is 12.0. The van der Waals surface area contributed by atoms with Crippen LogP contribution < -0.4 is 5.56 Å². The molecule has 0 bridgehead atoms. The van der Waals surface area contributed by atoms with Gasteiger partial charge in [-0.05, 0) is 30.3 Å². The molecule has 2 heterocycles. The Balaban J connectivity index is 1.75. The minimum Gasteiger partial charge on any atom is -0.448 e. The quantitative estimate of drug-likeness (QED) is 0.502. The van der Waals surface area contributed by atoms with Crippen molar-refractivity contribution in [1.82, 2.24) is 9.55 Å². The van der Waals surface area contributed by atoms with Crippen molar-refractivity contribution in [3.8, 4) is 0 Å². The van der Waals surface area contributed by atoms with Crippen LogP contribution in [0.15, 0.2) is 58.0 Å². The van der Waals surface area contributed by atoms with Gasteiger partial charge < -0.3 is 4.42 Å². The molecule has 0 atom stereocenters. The van der Waals surface area contributed by atoms with Crippen molar-refractivity contribution in [3.05, 3.63) is 74.8 Å². The summed E-state index contributed by atoms with van der Waals surface area (Å²) in [4.78, 5) is 29.3. The highest BCUT2D eigenvalue weighted by atomic mass is 35.5. The second-order valence-corrected chi connectivity index (χ2v) is 6.32. The first-order valence-electron chi connectivity index (χ1n) is 7.39. The Morgan fingerprint density at radius 1 is 1.12 bits per heavy atom. The highest BCUT2D eigenvalue weighted by Crippen LogP contribution is 2.25. The molecule has 4 aromatic rings. The number of nitrogens with zero attached hydrogens (tertiary/aromatic N) is 2. The van der Waals surface area contributed by atoms with Gasteiger partial charge in [-0.1, -0.05) is 35.3 Å². The highest BCUT2D eigenvalue weighted by molar-refractivity contribution is 6.42. The summed E-state index contributed by atoms with van der Waals surface area (Å²) in [6.45, 7) is -0.170. The lowest BCUT2D eigenvalue weighted by atomic mass is 10.1. The molecule has 0 spiro atoms. The van der Waals surface area contributed by atoms with E-state index in [1.165, 1.54) is 17.0 Å². The SMILES string of the molecule is O=C(Cn1cnc2c(oc3ccccc32)c1=O)c1ccc(Cl)c(Cl)c1. The maximum Gasteiger partial charge on any atom is 0.297 e. The number of carbonyl (C=O) groups excluding carboxylic acids is 1. The molecule has 5 nitrogen and oxygen atoms in total. The molecule has 124 valence electrons. The van der Waals surface area contributed by atoms with Crippen molar-refractivity contribution in [2.24, 2.45) is 0 Å². The monoisotopic (exact) mass is 372 g/mol. The maximum atomic E-state index is 12.6. The zero-order chi connectivity index (χ0) is 17.6. The number of aromatic nitrogens is 2. The zero-order valence-electron chi connectivity index (χ0n) is 12.7. The molecule has 0 unspecified atom stereocenters. The van der Waals surface area contributed by atoms with Crippen LogP contribution in [0, 0.1) is 0 Å². The van der Waals surface area contributed by atoms with Gasteiger partial charge in [-0.15, -0.1) is 0 Å². The number of hydrogen-bond acceptors (Lipinski definition) is 4. The van der Waals surface area contributed by atoms with Crippen LogP contribution >= 0.6 is 23.2 Å². The zero-order valence-corrected chi connectivity index (χ0v) is 14.2. The molecule has 2 aromatic carbocycles. The van der Waals surface area contributed by atoms with Gasteiger partial charge in [0.25, 0.3) is 5.56 Å². The minimum atomic E-state index is -0.408. The van der Waals surface area contributed by atoms with Gasteiger partial charge in [0.05, 0.1) is 22.9 Å². The van der Waals surface area contributed by atoms with Crippen molar-refractivity contribution in [2.45, 2.75) is 6.54 Å². The number of Topliss-reactive ketones (excluding diaryl/α,β-unsaturated/α-hetero) is 1. The van der Waals surface area contributed by atoms with E-state index in [2.05, 4.69) is 4.98 Å². The molecular weight excluding hydrogens is 363 g/mol. The molecular formula is C18H10Cl2N2O3. The molecule has 7 heteroatoms. The molecule has 0 radical (unpaired) electrons. The summed E-state index contributed by atoms with van der Waals surface area (Å²) in [5.74, 6) is -0.280. The van der Waals surface area contributed by atoms with Gasteiger partial charge in [-0.25, -0.2) is 4.98 Å². The lowest BCUT2D eigenvalue weighted by molar-refractivity contribution is 0.0970. The van der Waals surface area contributed by atoms with Crippen LogP contribution in [0.4, 0.5) is 0 Å². The smallest absolute Gasteiger partial charge is 0.297 e. The summed E-state index contributed by atoms with van der Waals surface area (Å²) < 4.78 is 6.82. The molecule has 0 aliphatic heterocycles. The van der Waals surface area contributed by atoms with E-state index in [4.69, 9.17) is 27.6 Å². The topological polar surface area (TPSA) is 65.1 Å². The van der Waals surface area contributed by atoms with Crippen LogP contribution in [0.3, 0.4) is 0 Å². The van der Waals surface area contributed by atoms with E-state index < -0.39 is 5.56 Å². The largest absolute Gasteiger partial charge is 0.448 e. The average molecular weight is 373 g/mol. The lowest BCUT2D eigenvalue weighted by Gasteiger charge is -2.05. The Kier molecular flexibility index (Phi) is 3.82. The average Bonchev–Trinajstić information content (AvgIpc) is 2.99. The first-order valence-corrected chi connectivity index (χ1v) is 8.15. The summed E-state index contributed by atoms with van der Waals surface area (Å²) in [5, 5.41) is 1.41. The van der Waals surface area contributed by atoms with Crippen molar-refractivity contribution < 1.29 is 9.21 Å². The fraction of sp³-hybridized carbons (Fsp3) is 0.0556. The first kappa shape index (κ1) is 15.9. The fourth-order valence-electron chi connectivity index (χ4n) is 2.64. The molecule has 0 amide bonds.